The number of hydrogen-bond donors (Lipinski definition) is 1. The molecule has 1 aromatic carbocycles. The van der Waals surface area contributed by atoms with Crippen molar-refractivity contribution in [2.24, 2.45) is 0 Å². The largest absolute Gasteiger partial charge is 0.377 e. The number of hydrogen-bond acceptors (Lipinski definition) is 5. The molecule has 1 unspecified atom stereocenters. The molecule has 0 bridgehead atoms. The molecule has 0 saturated carbocycles. The van der Waals surface area contributed by atoms with E-state index in [0.717, 1.165) is 11.1 Å². The van der Waals surface area contributed by atoms with Gasteiger partial charge < -0.3 is 4.74 Å². The first-order valence-electron chi connectivity index (χ1n) is 7.30. The van der Waals surface area contributed by atoms with Crippen molar-refractivity contribution in [1.82, 2.24) is 9.97 Å². The Hall–Kier alpha value is -1.83. The molecule has 1 heterocycles. The first kappa shape index (κ1) is 17.5. The minimum absolute atomic E-state index is 0.0633. The molecule has 1 N–H and O–H groups in total. The summed E-state index contributed by atoms with van der Waals surface area (Å²) in [6.07, 6.45) is 3.49. The van der Waals surface area contributed by atoms with E-state index < -0.39 is 15.4 Å². The van der Waals surface area contributed by atoms with Gasteiger partial charge in [-0.15, -0.1) is 0 Å². The Morgan fingerprint density at radius 2 is 1.83 bits per heavy atom. The zero-order valence-corrected chi connectivity index (χ0v) is 13.7. The third-order valence-electron chi connectivity index (χ3n) is 3.36. The lowest BCUT2D eigenvalue weighted by atomic mass is 10.2. The van der Waals surface area contributed by atoms with Crippen molar-refractivity contribution in [2.75, 3.05) is 6.61 Å². The summed E-state index contributed by atoms with van der Waals surface area (Å²) in [5.74, 6) is 0.390. The van der Waals surface area contributed by atoms with Crippen LogP contribution in [0, 0.1) is 6.92 Å². The Kier molecular flexibility index (Phi) is 6.20. The van der Waals surface area contributed by atoms with Crippen LogP contribution in [-0.2, 0) is 27.9 Å². The van der Waals surface area contributed by atoms with Crippen LogP contribution in [-0.4, -0.2) is 34.8 Å². The fraction of sp³-hybridized carbons (Fsp3) is 0.375. The summed E-state index contributed by atoms with van der Waals surface area (Å²) in [5.41, 5.74) is 1.90. The fourth-order valence-corrected chi connectivity index (χ4v) is 2.82. The van der Waals surface area contributed by atoms with Gasteiger partial charge in [0.2, 0.25) is 0 Å². The third-order valence-corrected chi connectivity index (χ3v) is 4.61. The Bertz CT molecular complexity index is 703. The van der Waals surface area contributed by atoms with Crippen LogP contribution in [0.2, 0.25) is 0 Å². The van der Waals surface area contributed by atoms with E-state index in [1.54, 1.807) is 12.4 Å². The topological polar surface area (TPSA) is 89.4 Å². The summed E-state index contributed by atoms with van der Waals surface area (Å²) in [7, 11) is -4.18. The zero-order chi connectivity index (χ0) is 16.7. The van der Waals surface area contributed by atoms with Gasteiger partial charge in [0.05, 0.1) is 11.9 Å². The summed E-state index contributed by atoms with van der Waals surface area (Å²) in [5, 5.41) is -0.971. The highest BCUT2D eigenvalue weighted by molar-refractivity contribution is 7.86. The Morgan fingerprint density at radius 1 is 1.17 bits per heavy atom. The van der Waals surface area contributed by atoms with Crippen LogP contribution in [0.25, 0.3) is 0 Å². The molecule has 23 heavy (non-hydrogen) atoms. The number of aromatic nitrogens is 2. The monoisotopic (exact) mass is 336 g/mol. The van der Waals surface area contributed by atoms with Crippen LogP contribution in [0.4, 0.5) is 0 Å². The van der Waals surface area contributed by atoms with E-state index in [-0.39, 0.29) is 19.4 Å². The lowest BCUT2D eigenvalue weighted by Gasteiger charge is -2.13. The SMILES string of the molecule is Cc1cnc(CC(CCOCc2ccccc2)S(=O)(=O)O)nc1. The molecule has 2 rings (SSSR count). The average molecular weight is 336 g/mol. The van der Waals surface area contributed by atoms with Crippen LogP contribution in [0.5, 0.6) is 0 Å². The molecule has 0 radical (unpaired) electrons. The van der Waals surface area contributed by atoms with Crippen molar-refractivity contribution < 1.29 is 17.7 Å². The Morgan fingerprint density at radius 3 is 2.43 bits per heavy atom. The zero-order valence-electron chi connectivity index (χ0n) is 12.9. The molecule has 0 aliphatic rings. The fourth-order valence-electron chi connectivity index (χ4n) is 2.06. The highest BCUT2D eigenvalue weighted by atomic mass is 32.2. The highest BCUT2D eigenvalue weighted by Gasteiger charge is 2.24. The van der Waals surface area contributed by atoms with Gasteiger partial charge >= 0.3 is 0 Å². The van der Waals surface area contributed by atoms with E-state index in [2.05, 4.69) is 9.97 Å². The molecule has 0 amide bonds. The van der Waals surface area contributed by atoms with Crippen molar-refractivity contribution in [3.05, 3.63) is 59.7 Å². The van der Waals surface area contributed by atoms with Crippen molar-refractivity contribution in [1.29, 1.82) is 0 Å². The number of aryl methyl sites for hydroxylation is 1. The van der Waals surface area contributed by atoms with Crippen molar-refractivity contribution in [3.8, 4) is 0 Å². The summed E-state index contributed by atoms with van der Waals surface area (Å²) in [4.78, 5) is 8.16. The Balaban J connectivity index is 1.88. The molecule has 1 aromatic heterocycles. The normalized spacial score (nSPS) is 13.0. The average Bonchev–Trinajstić information content (AvgIpc) is 2.52. The number of nitrogens with zero attached hydrogens (tertiary/aromatic N) is 2. The molecule has 6 nitrogen and oxygen atoms in total. The maximum atomic E-state index is 11.5. The lowest BCUT2D eigenvalue weighted by molar-refractivity contribution is 0.117. The minimum Gasteiger partial charge on any atom is -0.377 e. The summed E-state index contributed by atoms with van der Waals surface area (Å²) in [6.45, 7) is 2.48. The van der Waals surface area contributed by atoms with Gasteiger partial charge in [-0.3, -0.25) is 4.55 Å². The van der Waals surface area contributed by atoms with Crippen LogP contribution in [0.1, 0.15) is 23.4 Å². The smallest absolute Gasteiger partial charge is 0.268 e. The van der Waals surface area contributed by atoms with Crippen LogP contribution < -0.4 is 0 Å². The molecule has 0 aliphatic carbocycles. The molecule has 0 fully saturated rings. The van der Waals surface area contributed by atoms with E-state index in [1.165, 1.54) is 0 Å². The molecule has 0 aliphatic heterocycles. The van der Waals surface area contributed by atoms with E-state index in [0.29, 0.717) is 12.4 Å². The second-order valence-electron chi connectivity index (χ2n) is 5.34. The van der Waals surface area contributed by atoms with Gasteiger partial charge in [0.15, 0.2) is 0 Å². The first-order valence-corrected chi connectivity index (χ1v) is 8.81. The second-order valence-corrected chi connectivity index (χ2v) is 7.04. The first-order chi connectivity index (χ1) is 10.9. The van der Waals surface area contributed by atoms with Gasteiger partial charge in [0.1, 0.15) is 5.82 Å². The van der Waals surface area contributed by atoms with Crippen LogP contribution >= 0.6 is 0 Å². The molecular weight excluding hydrogens is 316 g/mol. The number of ether oxygens (including phenoxy) is 1. The molecular formula is C16H20N2O4S. The number of rotatable bonds is 8. The number of benzene rings is 1. The van der Waals surface area contributed by atoms with Crippen LogP contribution in [0.3, 0.4) is 0 Å². The van der Waals surface area contributed by atoms with Gasteiger partial charge in [-0.2, -0.15) is 8.42 Å². The third kappa shape index (κ3) is 6.05. The summed E-state index contributed by atoms with van der Waals surface area (Å²) < 4.78 is 37.9. The predicted octanol–water partition coefficient (Wildman–Crippen LogP) is 2.19. The van der Waals surface area contributed by atoms with Gasteiger partial charge in [0.25, 0.3) is 10.1 Å². The predicted molar refractivity (Wildman–Crippen MR) is 86.5 cm³/mol. The van der Waals surface area contributed by atoms with E-state index >= 15 is 0 Å². The van der Waals surface area contributed by atoms with Gasteiger partial charge in [-0.05, 0) is 24.5 Å². The lowest BCUT2D eigenvalue weighted by Crippen LogP contribution is -2.25. The highest BCUT2D eigenvalue weighted by Crippen LogP contribution is 2.11. The van der Waals surface area contributed by atoms with Gasteiger partial charge in [-0.1, -0.05) is 30.3 Å². The van der Waals surface area contributed by atoms with Gasteiger partial charge in [0, 0.05) is 25.4 Å². The van der Waals surface area contributed by atoms with Crippen LogP contribution in [0.15, 0.2) is 42.7 Å². The molecule has 0 saturated heterocycles. The molecule has 1 atom stereocenters. The molecule has 2 aromatic rings. The van der Waals surface area contributed by atoms with Crippen molar-refractivity contribution in [2.45, 2.75) is 31.6 Å². The Labute approximate surface area is 136 Å². The van der Waals surface area contributed by atoms with E-state index in [1.807, 2.05) is 37.3 Å². The van der Waals surface area contributed by atoms with Crippen molar-refractivity contribution >= 4 is 10.1 Å². The quantitative estimate of drug-likeness (QED) is 0.587. The summed E-state index contributed by atoms with van der Waals surface area (Å²) >= 11 is 0. The van der Waals surface area contributed by atoms with Gasteiger partial charge in [-0.25, -0.2) is 9.97 Å². The standard InChI is InChI=1S/C16H20N2O4S/c1-13-10-17-16(18-11-13)9-15(23(19,20)21)7-8-22-12-14-5-3-2-4-6-14/h2-6,10-11,15H,7-9,12H2,1H3,(H,19,20,21). The molecule has 124 valence electrons. The summed E-state index contributed by atoms with van der Waals surface area (Å²) in [6, 6.07) is 9.60. The maximum absolute atomic E-state index is 11.5. The van der Waals surface area contributed by atoms with E-state index in [4.69, 9.17) is 4.74 Å². The maximum Gasteiger partial charge on any atom is 0.268 e. The minimum atomic E-state index is -4.18. The molecule has 7 heteroatoms. The molecule has 0 spiro atoms. The second kappa shape index (κ2) is 8.14. The van der Waals surface area contributed by atoms with E-state index in [9.17, 15) is 13.0 Å². The van der Waals surface area contributed by atoms with Crippen molar-refractivity contribution in [3.63, 3.8) is 0 Å².